The first kappa shape index (κ1) is 13.4. The Bertz CT molecular complexity index is 436. The molecule has 0 saturated carbocycles. The summed E-state index contributed by atoms with van der Waals surface area (Å²) >= 11 is 3.22. The summed E-state index contributed by atoms with van der Waals surface area (Å²) in [7, 11) is -3.33. The van der Waals surface area contributed by atoms with Crippen LogP contribution in [0.3, 0.4) is 0 Å². The Morgan fingerprint density at radius 3 is 2.81 bits per heavy atom. The number of aromatic nitrogens is 1. The molecule has 90 valence electrons. The summed E-state index contributed by atoms with van der Waals surface area (Å²) in [5.41, 5.74) is 5.30. The largest absolute Gasteiger partial charge is 0.330 e. The molecule has 0 atom stereocenters. The van der Waals surface area contributed by atoms with E-state index in [0.29, 0.717) is 29.7 Å². The Balaban J connectivity index is 2.63. The molecule has 0 saturated heterocycles. The lowest BCUT2D eigenvalue weighted by atomic mass is 10.3. The number of sulfonamides is 1. The summed E-state index contributed by atoms with van der Waals surface area (Å²) in [4.78, 5) is 3.93. The number of unbranched alkanes of at least 4 members (excludes halogenated alkanes) is 1. The Morgan fingerprint density at radius 2 is 2.19 bits per heavy atom. The van der Waals surface area contributed by atoms with Gasteiger partial charge in [-0.2, -0.15) is 0 Å². The molecule has 7 heteroatoms. The van der Waals surface area contributed by atoms with Gasteiger partial charge in [-0.15, -0.1) is 0 Å². The minimum atomic E-state index is -3.33. The maximum absolute atomic E-state index is 11.6. The van der Waals surface area contributed by atoms with Gasteiger partial charge in [-0.1, -0.05) is 0 Å². The van der Waals surface area contributed by atoms with Crippen molar-refractivity contribution in [3.63, 3.8) is 0 Å². The third-order valence-corrected chi connectivity index (χ3v) is 3.85. The van der Waals surface area contributed by atoms with Gasteiger partial charge in [0.2, 0.25) is 10.0 Å². The second-order valence-corrected chi connectivity index (χ2v) is 5.95. The minimum absolute atomic E-state index is 0.0627. The quantitative estimate of drug-likeness (QED) is 0.776. The Kier molecular flexibility index (Phi) is 5.17. The van der Waals surface area contributed by atoms with Crippen molar-refractivity contribution in [3.05, 3.63) is 22.8 Å². The van der Waals surface area contributed by atoms with Crippen molar-refractivity contribution in [3.8, 4) is 0 Å². The van der Waals surface area contributed by atoms with Gasteiger partial charge in [0.25, 0.3) is 0 Å². The minimum Gasteiger partial charge on any atom is -0.330 e. The zero-order valence-corrected chi connectivity index (χ0v) is 11.1. The SMILES string of the molecule is NCCCCS(=O)(=O)Nc1ncccc1Br. The van der Waals surface area contributed by atoms with Crippen LogP contribution in [0, 0.1) is 0 Å². The van der Waals surface area contributed by atoms with Crippen LogP contribution in [0.5, 0.6) is 0 Å². The first-order chi connectivity index (χ1) is 7.55. The topological polar surface area (TPSA) is 85.1 Å². The van der Waals surface area contributed by atoms with E-state index in [1.807, 2.05) is 0 Å². The molecule has 0 aliphatic carbocycles. The van der Waals surface area contributed by atoms with Gasteiger partial charge in [-0.05, 0) is 47.4 Å². The molecular weight excluding hydrogens is 294 g/mol. The van der Waals surface area contributed by atoms with Gasteiger partial charge in [-0.25, -0.2) is 13.4 Å². The third-order valence-electron chi connectivity index (χ3n) is 1.88. The maximum atomic E-state index is 11.6. The first-order valence-electron chi connectivity index (χ1n) is 4.86. The molecule has 0 aliphatic rings. The number of halogens is 1. The van der Waals surface area contributed by atoms with Crippen LogP contribution in [0.2, 0.25) is 0 Å². The van der Waals surface area contributed by atoms with E-state index in [2.05, 4.69) is 25.6 Å². The predicted molar refractivity (Wildman–Crippen MR) is 67.6 cm³/mol. The third kappa shape index (κ3) is 4.46. The van der Waals surface area contributed by atoms with E-state index < -0.39 is 10.0 Å². The van der Waals surface area contributed by atoms with Crippen molar-refractivity contribution >= 4 is 31.8 Å². The van der Waals surface area contributed by atoms with E-state index in [1.165, 1.54) is 6.20 Å². The van der Waals surface area contributed by atoms with Crippen LogP contribution in [-0.4, -0.2) is 25.7 Å². The Hall–Kier alpha value is -0.660. The molecule has 0 bridgehead atoms. The van der Waals surface area contributed by atoms with Gasteiger partial charge in [0.05, 0.1) is 10.2 Å². The number of nitrogens with two attached hydrogens (primary N) is 1. The highest BCUT2D eigenvalue weighted by atomic mass is 79.9. The summed E-state index contributed by atoms with van der Waals surface area (Å²) in [5.74, 6) is 0.378. The van der Waals surface area contributed by atoms with E-state index in [1.54, 1.807) is 12.1 Å². The molecule has 0 unspecified atom stereocenters. The molecule has 1 aromatic rings. The van der Waals surface area contributed by atoms with Crippen LogP contribution in [0.25, 0.3) is 0 Å². The number of hydrogen-bond acceptors (Lipinski definition) is 4. The van der Waals surface area contributed by atoms with Crippen LogP contribution in [-0.2, 0) is 10.0 Å². The molecule has 0 amide bonds. The maximum Gasteiger partial charge on any atom is 0.233 e. The van der Waals surface area contributed by atoms with Gasteiger partial charge in [0.15, 0.2) is 5.82 Å². The molecule has 16 heavy (non-hydrogen) atoms. The van der Waals surface area contributed by atoms with Crippen molar-refractivity contribution in [2.75, 3.05) is 17.0 Å². The van der Waals surface area contributed by atoms with Gasteiger partial charge < -0.3 is 5.73 Å². The molecule has 0 aliphatic heterocycles. The highest BCUT2D eigenvalue weighted by molar-refractivity contribution is 9.10. The fourth-order valence-electron chi connectivity index (χ4n) is 1.10. The van der Waals surface area contributed by atoms with Crippen molar-refractivity contribution < 1.29 is 8.42 Å². The van der Waals surface area contributed by atoms with Gasteiger partial charge >= 0.3 is 0 Å². The fourth-order valence-corrected chi connectivity index (χ4v) is 2.72. The predicted octanol–water partition coefficient (Wildman–Crippen LogP) is 1.32. The smallest absolute Gasteiger partial charge is 0.233 e. The Labute approximate surface area is 104 Å². The van der Waals surface area contributed by atoms with Gasteiger partial charge in [0.1, 0.15) is 0 Å². The molecule has 0 aromatic carbocycles. The molecule has 5 nitrogen and oxygen atoms in total. The van der Waals surface area contributed by atoms with E-state index in [4.69, 9.17) is 5.73 Å². The summed E-state index contributed by atoms with van der Waals surface area (Å²) < 4.78 is 26.3. The molecule has 1 heterocycles. The monoisotopic (exact) mass is 307 g/mol. The van der Waals surface area contributed by atoms with Crippen molar-refractivity contribution in [1.29, 1.82) is 0 Å². The summed E-state index contributed by atoms with van der Waals surface area (Å²) in [5, 5.41) is 0. The molecule has 1 aromatic heterocycles. The standard InChI is InChI=1S/C9H14BrN3O2S/c10-8-4-3-6-12-9(8)13-16(14,15)7-2-1-5-11/h3-4,6H,1-2,5,7,11H2,(H,12,13). The average Bonchev–Trinajstić information content (AvgIpc) is 2.21. The van der Waals surface area contributed by atoms with Gasteiger partial charge in [-0.3, -0.25) is 4.72 Å². The van der Waals surface area contributed by atoms with E-state index in [0.717, 1.165) is 0 Å². The lowest BCUT2D eigenvalue weighted by Gasteiger charge is -2.07. The number of hydrogen-bond donors (Lipinski definition) is 2. The summed E-state index contributed by atoms with van der Waals surface area (Å²) in [6, 6.07) is 3.45. The highest BCUT2D eigenvalue weighted by Crippen LogP contribution is 2.19. The van der Waals surface area contributed by atoms with E-state index in [9.17, 15) is 8.42 Å². The van der Waals surface area contributed by atoms with Crippen molar-refractivity contribution in [1.82, 2.24) is 4.98 Å². The Morgan fingerprint density at radius 1 is 1.44 bits per heavy atom. The molecule has 0 spiro atoms. The molecule has 0 radical (unpaired) electrons. The zero-order chi connectivity index (χ0) is 12.0. The van der Waals surface area contributed by atoms with Crippen LogP contribution < -0.4 is 10.5 Å². The average molecular weight is 308 g/mol. The first-order valence-corrected chi connectivity index (χ1v) is 7.31. The van der Waals surface area contributed by atoms with Crippen LogP contribution in [0.4, 0.5) is 5.82 Å². The summed E-state index contributed by atoms with van der Waals surface area (Å²) in [6.45, 7) is 0.503. The van der Waals surface area contributed by atoms with Crippen LogP contribution in [0.1, 0.15) is 12.8 Å². The second kappa shape index (κ2) is 6.17. The second-order valence-electron chi connectivity index (χ2n) is 3.25. The lowest BCUT2D eigenvalue weighted by Crippen LogP contribution is -2.18. The lowest BCUT2D eigenvalue weighted by molar-refractivity contribution is 0.597. The number of anilines is 1. The zero-order valence-electron chi connectivity index (χ0n) is 8.69. The number of nitrogens with zero attached hydrogens (tertiary/aromatic N) is 1. The van der Waals surface area contributed by atoms with Crippen molar-refractivity contribution in [2.45, 2.75) is 12.8 Å². The van der Waals surface area contributed by atoms with E-state index in [-0.39, 0.29) is 5.75 Å². The molecule has 1 rings (SSSR count). The van der Waals surface area contributed by atoms with Crippen LogP contribution >= 0.6 is 15.9 Å². The van der Waals surface area contributed by atoms with Gasteiger partial charge in [0, 0.05) is 6.20 Å². The molecule has 3 N–H and O–H groups in total. The number of nitrogens with one attached hydrogen (secondary N) is 1. The number of rotatable bonds is 6. The van der Waals surface area contributed by atoms with Crippen LogP contribution in [0.15, 0.2) is 22.8 Å². The van der Waals surface area contributed by atoms with Crippen molar-refractivity contribution in [2.24, 2.45) is 5.73 Å². The van der Waals surface area contributed by atoms with E-state index >= 15 is 0 Å². The fraction of sp³-hybridized carbons (Fsp3) is 0.444. The highest BCUT2D eigenvalue weighted by Gasteiger charge is 2.12. The molecular formula is C9H14BrN3O2S. The number of pyridine rings is 1. The normalized spacial score (nSPS) is 11.4. The molecule has 0 fully saturated rings. The summed E-state index contributed by atoms with van der Waals surface area (Å²) in [6.07, 6.45) is 2.78.